The van der Waals surface area contributed by atoms with Crippen molar-refractivity contribution in [1.82, 2.24) is 4.90 Å². The van der Waals surface area contributed by atoms with E-state index in [-0.39, 0.29) is 11.9 Å². The predicted octanol–water partition coefficient (Wildman–Crippen LogP) is 2.10. The molecule has 7 nitrogen and oxygen atoms in total. The summed E-state index contributed by atoms with van der Waals surface area (Å²) >= 11 is 0. The Bertz CT molecular complexity index is 989. The number of fused-ring (bicyclic) bond motifs is 3. The Labute approximate surface area is 161 Å². The Kier molecular flexibility index (Phi) is 2.75. The van der Waals surface area contributed by atoms with Crippen LogP contribution >= 0.6 is 0 Å². The predicted molar refractivity (Wildman–Crippen MR) is 97.4 cm³/mol. The molecule has 0 unspecified atom stereocenters. The van der Waals surface area contributed by atoms with Crippen LogP contribution in [0.3, 0.4) is 0 Å². The highest BCUT2D eigenvalue weighted by Gasteiger charge is 2.78. The van der Waals surface area contributed by atoms with E-state index in [1.54, 1.807) is 11.0 Å². The van der Waals surface area contributed by atoms with Crippen LogP contribution in [0.2, 0.25) is 0 Å². The summed E-state index contributed by atoms with van der Waals surface area (Å²) in [5.74, 6) is -0.795. The smallest absolute Gasteiger partial charge is 0.414 e. The number of esters is 1. The summed E-state index contributed by atoms with van der Waals surface area (Å²) < 4.78 is 11.3. The van der Waals surface area contributed by atoms with E-state index in [0.717, 1.165) is 11.3 Å². The largest absolute Gasteiger partial charge is 0.452 e. The fourth-order valence-electron chi connectivity index (χ4n) is 6.64. The molecule has 3 saturated heterocycles. The van der Waals surface area contributed by atoms with Crippen LogP contribution in [0.1, 0.15) is 31.2 Å². The second-order valence-electron chi connectivity index (χ2n) is 8.43. The maximum atomic E-state index is 13.2. The molecule has 1 aliphatic carbocycles. The lowest BCUT2D eigenvalue weighted by atomic mass is 9.58. The standard InChI is InChI=1S/C21H20N2O5/c1-27-18(26)23-15-5-3-2-4-13(15)21-10-11-22-16(24)6-7-19(22)8-9-20(21,23)14(12-19)17(25)28-21/h2-7,14H,8-12H2,1H3/t14-,19-,20-,21-/m1/s1. The fourth-order valence-corrected chi connectivity index (χ4v) is 6.64. The van der Waals surface area contributed by atoms with E-state index in [2.05, 4.69) is 0 Å². The minimum atomic E-state index is -0.949. The molecular weight excluding hydrogens is 360 g/mol. The lowest BCUT2D eigenvalue weighted by Crippen LogP contribution is -2.69. The number of hydrogen-bond donors (Lipinski definition) is 0. The Morgan fingerprint density at radius 3 is 2.86 bits per heavy atom. The molecule has 5 heterocycles. The first-order chi connectivity index (χ1) is 13.5. The van der Waals surface area contributed by atoms with Gasteiger partial charge in [0, 0.05) is 24.6 Å². The number of carbonyl (C=O) groups is 3. The molecule has 4 bridgehead atoms. The van der Waals surface area contributed by atoms with Crippen LogP contribution in [0.25, 0.3) is 0 Å². The van der Waals surface area contributed by atoms with Gasteiger partial charge in [-0.25, -0.2) is 4.79 Å². The van der Waals surface area contributed by atoms with Crippen molar-refractivity contribution in [3.05, 3.63) is 42.0 Å². The lowest BCUT2D eigenvalue weighted by molar-refractivity contribution is -0.152. The number of rotatable bonds is 0. The van der Waals surface area contributed by atoms with Crippen LogP contribution in [0, 0.1) is 5.92 Å². The van der Waals surface area contributed by atoms with Gasteiger partial charge in [-0.3, -0.25) is 14.5 Å². The highest BCUT2D eigenvalue weighted by atomic mass is 16.6. The molecule has 0 aromatic heterocycles. The molecule has 2 amide bonds. The van der Waals surface area contributed by atoms with Crippen molar-refractivity contribution in [2.24, 2.45) is 5.92 Å². The summed E-state index contributed by atoms with van der Waals surface area (Å²) in [5.41, 5.74) is -0.636. The van der Waals surface area contributed by atoms with E-state index in [1.807, 2.05) is 35.2 Å². The number of methoxy groups -OCH3 is 1. The van der Waals surface area contributed by atoms with Gasteiger partial charge in [0.1, 0.15) is 5.54 Å². The number of para-hydroxylation sites is 1. The van der Waals surface area contributed by atoms with Gasteiger partial charge in [-0.2, -0.15) is 0 Å². The number of anilines is 1. The topological polar surface area (TPSA) is 76.2 Å². The summed E-state index contributed by atoms with van der Waals surface area (Å²) in [4.78, 5) is 42.3. The summed E-state index contributed by atoms with van der Waals surface area (Å²) in [6, 6.07) is 7.60. The van der Waals surface area contributed by atoms with Gasteiger partial charge in [0.2, 0.25) is 5.91 Å². The van der Waals surface area contributed by atoms with Crippen LogP contribution in [-0.2, 0) is 24.7 Å². The Hall–Kier alpha value is -2.83. The van der Waals surface area contributed by atoms with Crippen LogP contribution < -0.4 is 4.90 Å². The van der Waals surface area contributed by atoms with Crippen LogP contribution in [0.4, 0.5) is 10.5 Å². The molecule has 144 valence electrons. The Morgan fingerprint density at radius 1 is 1.21 bits per heavy atom. The van der Waals surface area contributed by atoms with Crippen molar-refractivity contribution in [3.8, 4) is 0 Å². The summed E-state index contributed by atoms with van der Waals surface area (Å²) in [5, 5.41) is 0. The van der Waals surface area contributed by atoms with Crippen molar-refractivity contribution in [1.29, 1.82) is 0 Å². The third-order valence-electron chi connectivity index (χ3n) is 7.70. The van der Waals surface area contributed by atoms with Crippen molar-refractivity contribution < 1.29 is 23.9 Å². The molecule has 28 heavy (non-hydrogen) atoms. The van der Waals surface area contributed by atoms with Crippen LogP contribution in [0.15, 0.2) is 36.4 Å². The zero-order valence-electron chi connectivity index (χ0n) is 15.5. The summed E-state index contributed by atoms with van der Waals surface area (Å²) in [7, 11) is 1.37. The van der Waals surface area contributed by atoms with E-state index in [0.29, 0.717) is 32.2 Å². The summed E-state index contributed by atoms with van der Waals surface area (Å²) in [6.07, 6.45) is 5.30. The molecular formula is C21H20N2O5. The van der Waals surface area contributed by atoms with Gasteiger partial charge in [0.15, 0.2) is 5.60 Å². The molecule has 7 rings (SSSR count). The van der Waals surface area contributed by atoms with Gasteiger partial charge in [-0.1, -0.05) is 24.3 Å². The molecule has 2 spiro atoms. The van der Waals surface area contributed by atoms with Gasteiger partial charge in [0.25, 0.3) is 0 Å². The molecule has 0 radical (unpaired) electrons. The molecule has 1 saturated carbocycles. The number of benzene rings is 1. The number of nitrogens with zero attached hydrogens (tertiary/aromatic N) is 2. The van der Waals surface area contributed by atoms with Gasteiger partial charge >= 0.3 is 12.1 Å². The maximum Gasteiger partial charge on any atom is 0.414 e. The van der Waals surface area contributed by atoms with E-state index in [9.17, 15) is 14.4 Å². The highest BCUT2D eigenvalue weighted by molar-refractivity contribution is 5.99. The monoisotopic (exact) mass is 380 g/mol. The number of amides is 2. The quantitative estimate of drug-likeness (QED) is 0.645. The van der Waals surface area contributed by atoms with Crippen molar-refractivity contribution in [2.75, 3.05) is 18.6 Å². The van der Waals surface area contributed by atoms with Gasteiger partial charge in [0.05, 0.1) is 24.3 Å². The van der Waals surface area contributed by atoms with Gasteiger partial charge in [-0.15, -0.1) is 0 Å². The van der Waals surface area contributed by atoms with Crippen molar-refractivity contribution in [2.45, 2.75) is 42.4 Å². The van der Waals surface area contributed by atoms with Crippen LogP contribution in [0.5, 0.6) is 0 Å². The molecule has 0 N–H and O–H groups in total. The third-order valence-corrected chi connectivity index (χ3v) is 7.70. The summed E-state index contributed by atoms with van der Waals surface area (Å²) in [6.45, 7) is 0.483. The minimum absolute atomic E-state index is 0.00578. The van der Waals surface area contributed by atoms with Crippen molar-refractivity contribution in [3.63, 3.8) is 0 Å². The van der Waals surface area contributed by atoms with E-state index in [4.69, 9.17) is 9.47 Å². The molecule has 1 aromatic rings. The van der Waals surface area contributed by atoms with E-state index in [1.165, 1.54) is 7.11 Å². The number of carbonyl (C=O) groups excluding carboxylic acids is 3. The maximum absolute atomic E-state index is 13.2. The first-order valence-corrected chi connectivity index (χ1v) is 9.71. The average molecular weight is 380 g/mol. The van der Waals surface area contributed by atoms with Gasteiger partial charge < -0.3 is 14.4 Å². The second kappa shape index (κ2) is 4.77. The molecule has 1 aromatic carbocycles. The zero-order valence-corrected chi connectivity index (χ0v) is 15.5. The molecule has 4 fully saturated rings. The van der Waals surface area contributed by atoms with E-state index < -0.39 is 28.7 Å². The zero-order chi connectivity index (χ0) is 19.3. The van der Waals surface area contributed by atoms with Crippen molar-refractivity contribution >= 4 is 23.7 Å². The van der Waals surface area contributed by atoms with Crippen LogP contribution in [-0.4, -0.2) is 47.6 Å². The molecule has 7 heteroatoms. The Morgan fingerprint density at radius 2 is 2.04 bits per heavy atom. The molecule has 4 atom stereocenters. The Balaban J connectivity index is 1.64. The van der Waals surface area contributed by atoms with E-state index >= 15 is 0 Å². The normalized spacial score (nSPS) is 39.2. The molecule has 6 aliphatic rings. The fraction of sp³-hybridized carbons (Fsp3) is 0.476. The molecule has 5 aliphatic heterocycles. The number of hydrogen-bond acceptors (Lipinski definition) is 5. The first-order valence-electron chi connectivity index (χ1n) is 9.71. The number of ether oxygens (including phenoxy) is 2. The average Bonchev–Trinajstić information content (AvgIpc) is 3.21. The first kappa shape index (κ1) is 16.2. The highest BCUT2D eigenvalue weighted by Crippen LogP contribution is 2.68. The second-order valence-corrected chi connectivity index (χ2v) is 8.43. The minimum Gasteiger partial charge on any atom is -0.452 e. The lowest BCUT2D eigenvalue weighted by Gasteiger charge is -2.55. The third kappa shape index (κ3) is 1.46. The SMILES string of the molecule is COC(=O)N1c2ccccc2[C@]23CCN4C(=O)C=C[C@]45CC[C@]12[C@H](C5)C(=O)O3. The van der Waals surface area contributed by atoms with Gasteiger partial charge in [-0.05, 0) is 25.3 Å².